The number of hydrogen-bond donors (Lipinski definition) is 1. The van der Waals surface area contributed by atoms with Gasteiger partial charge in [0.1, 0.15) is 12.3 Å². The zero-order valence-electron chi connectivity index (χ0n) is 14.7. The van der Waals surface area contributed by atoms with Gasteiger partial charge in [-0.1, -0.05) is 23.7 Å². The van der Waals surface area contributed by atoms with E-state index in [1.165, 1.54) is 18.9 Å². The Morgan fingerprint density at radius 2 is 1.92 bits per heavy atom. The van der Waals surface area contributed by atoms with Crippen LogP contribution < -0.4 is 15.0 Å². The van der Waals surface area contributed by atoms with Crippen LogP contribution >= 0.6 is 11.6 Å². The average Bonchev–Trinajstić information content (AvgIpc) is 2.54. The lowest BCUT2D eigenvalue weighted by molar-refractivity contribution is -0.120. The van der Waals surface area contributed by atoms with Crippen LogP contribution in [0.4, 0.5) is 11.4 Å². The second-order valence-corrected chi connectivity index (χ2v) is 6.20. The topological polar surface area (TPSA) is 58.6 Å². The number of anilines is 2. The molecule has 0 aromatic heterocycles. The summed E-state index contributed by atoms with van der Waals surface area (Å²) in [6.45, 7) is 5.05. The fourth-order valence-corrected chi connectivity index (χ4v) is 2.61. The molecular formula is C19H21ClN2O3. The highest BCUT2D eigenvalue weighted by Gasteiger charge is 2.20. The van der Waals surface area contributed by atoms with E-state index in [9.17, 15) is 9.59 Å². The molecular weight excluding hydrogens is 340 g/mol. The van der Waals surface area contributed by atoms with Gasteiger partial charge in [-0.25, -0.2) is 0 Å². The van der Waals surface area contributed by atoms with Crippen molar-refractivity contribution in [1.82, 2.24) is 0 Å². The number of aryl methyl sites for hydroxylation is 2. The largest absolute Gasteiger partial charge is 0.495 e. The molecule has 1 N–H and O–H groups in total. The van der Waals surface area contributed by atoms with Crippen molar-refractivity contribution in [2.24, 2.45) is 0 Å². The predicted octanol–water partition coefficient (Wildman–Crippen LogP) is 3.96. The molecule has 0 spiro atoms. The van der Waals surface area contributed by atoms with Gasteiger partial charge in [0.05, 0.1) is 12.8 Å². The van der Waals surface area contributed by atoms with E-state index < -0.39 is 0 Å². The van der Waals surface area contributed by atoms with Crippen molar-refractivity contribution in [3.05, 3.63) is 52.5 Å². The van der Waals surface area contributed by atoms with E-state index in [0.29, 0.717) is 22.1 Å². The molecule has 0 unspecified atom stereocenters. The van der Waals surface area contributed by atoms with E-state index >= 15 is 0 Å². The molecule has 6 heteroatoms. The molecule has 0 saturated carbocycles. The van der Waals surface area contributed by atoms with Gasteiger partial charge in [0, 0.05) is 23.7 Å². The molecule has 0 bridgehead atoms. The Morgan fingerprint density at radius 3 is 2.52 bits per heavy atom. The van der Waals surface area contributed by atoms with E-state index in [1.54, 1.807) is 18.2 Å². The van der Waals surface area contributed by atoms with Gasteiger partial charge in [-0.2, -0.15) is 0 Å². The summed E-state index contributed by atoms with van der Waals surface area (Å²) < 4.78 is 5.32. The standard InChI is InChI=1S/C19H21ClN2O3/c1-12-6-5-7-15(8-12)21-19(24)11-22(14(3)23)17-9-13(2)16(20)10-18(17)25-4/h5-10H,11H2,1-4H3,(H,21,24). The molecule has 0 aliphatic carbocycles. The summed E-state index contributed by atoms with van der Waals surface area (Å²) in [5.74, 6) is -0.121. The van der Waals surface area contributed by atoms with Gasteiger partial charge in [0.2, 0.25) is 11.8 Å². The number of carbonyl (C=O) groups excluding carboxylic acids is 2. The molecule has 0 fully saturated rings. The minimum atomic E-state index is -0.296. The smallest absolute Gasteiger partial charge is 0.244 e. The van der Waals surface area contributed by atoms with E-state index in [-0.39, 0.29) is 18.4 Å². The Balaban J connectivity index is 2.26. The minimum Gasteiger partial charge on any atom is -0.495 e. The first-order valence-electron chi connectivity index (χ1n) is 7.80. The lowest BCUT2D eigenvalue weighted by Gasteiger charge is -2.23. The number of hydrogen-bond acceptors (Lipinski definition) is 3. The number of methoxy groups -OCH3 is 1. The van der Waals surface area contributed by atoms with Crippen LogP contribution in [0.25, 0.3) is 0 Å². The molecule has 0 saturated heterocycles. The number of benzene rings is 2. The van der Waals surface area contributed by atoms with Crippen molar-refractivity contribution in [3.8, 4) is 5.75 Å². The Hall–Kier alpha value is -2.53. The van der Waals surface area contributed by atoms with Gasteiger partial charge >= 0.3 is 0 Å². The summed E-state index contributed by atoms with van der Waals surface area (Å²) in [5.41, 5.74) is 3.03. The monoisotopic (exact) mass is 360 g/mol. The molecule has 2 aromatic rings. The van der Waals surface area contributed by atoms with Crippen LogP contribution in [0.3, 0.4) is 0 Å². The number of rotatable bonds is 5. The Kier molecular flexibility index (Phi) is 6.04. The molecule has 0 radical (unpaired) electrons. The zero-order chi connectivity index (χ0) is 18.6. The van der Waals surface area contributed by atoms with Crippen molar-refractivity contribution in [2.75, 3.05) is 23.9 Å². The molecule has 2 amide bonds. The summed E-state index contributed by atoms with van der Waals surface area (Å²) in [4.78, 5) is 25.9. The van der Waals surface area contributed by atoms with E-state index in [2.05, 4.69) is 5.32 Å². The zero-order valence-corrected chi connectivity index (χ0v) is 15.5. The van der Waals surface area contributed by atoms with Crippen molar-refractivity contribution in [3.63, 3.8) is 0 Å². The lowest BCUT2D eigenvalue weighted by atomic mass is 10.1. The number of carbonyl (C=O) groups is 2. The third-order valence-electron chi connectivity index (χ3n) is 3.73. The fourth-order valence-electron chi connectivity index (χ4n) is 2.46. The number of halogens is 1. The second-order valence-electron chi connectivity index (χ2n) is 5.80. The second kappa shape index (κ2) is 8.03. The van der Waals surface area contributed by atoms with Gasteiger partial charge < -0.3 is 10.1 Å². The number of amides is 2. The first-order chi connectivity index (χ1) is 11.8. The molecule has 0 heterocycles. The minimum absolute atomic E-state index is 0.124. The molecule has 25 heavy (non-hydrogen) atoms. The third kappa shape index (κ3) is 4.73. The highest BCUT2D eigenvalue weighted by molar-refractivity contribution is 6.31. The molecule has 0 aliphatic rings. The van der Waals surface area contributed by atoms with Crippen molar-refractivity contribution < 1.29 is 14.3 Å². The van der Waals surface area contributed by atoms with Crippen molar-refractivity contribution in [1.29, 1.82) is 0 Å². The Labute approximate surface area is 152 Å². The molecule has 0 atom stereocenters. The quantitative estimate of drug-likeness (QED) is 0.878. The maximum Gasteiger partial charge on any atom is 0.244 e. The van der Waals surface area contributed by atoms with Gasteiger partial charge in [-0.15, -0.1) is 0 Å². The van der Waals surface area contributed by atoms with Crippen LogP contribution in [-0.4, -0.2) is 25.5 Å². The van der Waals surface area contributed by atoms with Crippen LogP contribution in [0, 0.1) is 13.8 Å². The molecule has 5 nitrogen and oxygen atoms in total. The SMILES string of the molecule is COc1cc(Cl)c(C)cc1N(CC(=O)Nc1cccc(C)c1)C(C)=O. The predicted molar refractivity (Wildman–Crippen MR) is 101 cm³/mol. The summed E-state index contributed by atoms with van der Waals surface area (Å²) in [5, 5.41) is 3.34. The summed E-state index contributed by atoms with van der Waals surface area (Å²) in [7, 11) is 1.50. The van der Waals surface area contributed by atoms with Crippen LogP contribution in [0.2, 0.25) is 5.02 Å². The highest BCUT2D eigenvalue weighted by atomic mass is 35.5. The summed E-state index contributed by atoms with van der Waals surface area (Å²) >= 11 is 6.11. The Bertz CT molecular complexity index is 805. The van der Waals surface area contributed by atoms with Crippen LogP contribution in [-0.2, 0) is 9.59 Å². The fraction of sp³-hybridized carbons (Fsp3) is 0.263. The van der Waals surface area contributed by atoms with Crippen LogP contribution in [0.5, 0.6) is 5.75 Å². The van der Waals surface area contributed by atoms with E-state index in [4.69, 9.17) is 16.3 Å². The van der Waals surface area contributed by atoms with Gasteiger partial charge in [0.25, 0.3) is 0 Å². The normalized spacial score (nSPS) is 10.3. The third-order valence-corrected chi connectivity index (χ3v) is 4.14. The number of nitrogens with one attached hydrogen (secondary N) is 1. The van der Waals surface area contributed by atoms with E-state index in [0.717, 1.165) is 11.1 Å². The maximum atomic E-state index is 12.4. The Morgan fingerprint density at radius 1 is 1.20 bits per heavy atom. The maximum absolute atomic E-state index is 12.4. The molecule has 2 rings (SSSR count). The molecule has 132 valence electrons. The highest BCUT2D eigenvalue weighted by Crippen LogP contribution is 2.33. The van der Waals surface area contributed by atoms with Crippen molar-refractivity contribution >= 4 is 34.8 Å². The van der Waals surface area contributed by atoms with Crippen molar-refractivity contribution in [2.45, 2.75) is 20.8 Å². The number of nitrogens with zero attached hydrogens (tertiary/aromatic N) is 1. The van der Waals surface area contributed by atoms with Gasteiger partial charge in [-0.05, 0) is 43.2 Å². The first-order valence-corrected chi connectivity index (χ1v) is 8.18. The molecule has 2 aromatic carbocycles. The average molecular weight is 361 g/mol. The van der Waals surface area contributed by atoms with Gasteiger partial charge in [-0.3, -0.25) is 14.5 Å². The summed E-state index contributed by atoms with van der Waals surface area (Å²) in [6.07, 6.45) is 0. The van der Waals surface area contributed by atoms with Crippen LogP contribution in [0.15, 0.2) is 36.4 Å². The summed E-state index contributed by atoms with van der Waals surface area (Å²) in [6, 6.07) is 10.8. The lowest BCUT2D eigenvalue weighted by Crippen LogP contribution is -2.37. The van der Waals surface area contributed by atoms with Gasteiger partial charge in [0.15, 0.2) is 0 Å². The first kappa shape index (κ1) is 18.8. The number of ether oxygens (including phenoxy) is 1. The molecule has 0 aliphatic heterocycles. The van der Waals surface area contributed by atoms with E-state index in [1.807, 2.05) is 32.0 Å². The van der Waals surface area contributed by atoms with Crippen LogP contribution in [0.1, 0.15) is 18.1 Å².